The smallest absolute Gasteiger partial charge is 0.284 e. The van der Waals surface area contributed by atoms with E-state index in [0.717, 1.165) is 16.2 Å². The number of hydrogen-bond acceptors (Lipinski definition) is 6. The molecule has 0 saturated carbocycles. The maximum absolute atomic E-state index is 12.8. The Labute approximate surface area is 177 Å². The second kappa shape index (κ2) is 8.29. The van der Waals surface area contributed by atoms with Gasteiger partial charge in [-0.3, -0.25) is 14.9 Å². The van der Waals surface area contributed by atoms with E-state index in [9.17, 15) is 14.9 Å². The van der Waals surface area contributed by atoms with Gasteiger partial charge in [0.25, 0.3) is 11.6 Å². The molecule has 0 N–H and O–H groups in total. The van der Waals surface area contributed by atoms with Crippen molar-refractivity contribution in [3.8, 4) is 0 Å². The molecule has 1 heterocycles. The minimum absolute atomic E-state index is 0.176. The molecule has 11 heteroatoms. The molecule has 2 aromatic carbocycles. The minimum Gasteiger partial charge on any atom is -0.311 e. The Balaban J connectivity index is 1.93. The number of amides is 1. The van der Waals surface area contributed by atoms with Gasteiger partial charge in [-0.1, -0.05) is 27.5 Å². The van der Waals surface area contributed by atoms with Crippen LogP contribution in [0, 0.1) is 10.1 Å². The summed E-state index contributed by atoms with van der Waals surface area (Å²) >= 11 is 10.6. The fourth-order valence-electron chi connectivity index (χ4n) is 2.40. The Morgan fingerprint density at radius 2 is 2.07 bits per heavy atom. The van der Waals surface area contributed by atoms with Gasteiger partial charge >= 0.3 is 0 Å². The number of nitrogens with zero attached hydrogens (tertiary/aromatic N) is 5. The first-order valence-electron chi connectivity index (χ1n) is 7.81. The molecule has 1 aromatic heterocycles. The van der Waals surface area contributed by atoms with E-state index in [-0.39, 0.29) is 11.3 Å². The average Bonchev–Trinajstić information content (AvgIpc) is 3.05. The summed E-state index contributed by atoms with van der Waals surface area (Å²) in [6.07, 6.45) is 1.50. The van der Waals surface area contributed by atoms with Crippen molar-refractivity contribution in [2.75, 3.05) is 11.9 Å². The molecule has 1 amide bonds. The van der Waals surface area contributed by atoms with E-state index in [1.807, 2.05) is 0 Å². The fourth-order valence-corrected chi connectivity index (χ4v) is 4.05. The van der Waals surface area contributed by atoms with Crippen LogP contribution in [0.15, 0.2) is 57.3 Å². The molecule has 0 saturated heterocycles. The highest BCUT2D eigenvalue weighted by Crippen LogP contribution is 2.35. The van der Waals surface area contributed by atoms with Crippen molar-refractivity contribution in [2.45, 2.75) is 10.1 Å². The summed E-state index contributed by atoms with van der Waals surface area (Å²) in [5, 5.41) is 20.1. The highest BCUT2D eigenvalue weighted by Gasteiger charge is 2.22. The van der Waals surface area contributed by atoms with E-state index in [0.29, 0.717) is 20.8 Å². The van der Waals surface area contributed by atoms with Gasteiger partial charge in [-0.2, -0.15) is 0 Å². The lowest BCUT2D eigenvalue weighted by molar-refractivity contribution is -0.387. The minimum atomic E-state index is -0.526. The van der Waals surface area contributed by atoms with E-state index >= 15 is 0 Å². The van der Waals surface area contributed by atoms with Crippen LogP contribution < -0.4 is 4.90 Å². The lowest BCUT2D eigenvalue weighted by atomic mass is 10.1. The number of nitro benzene ring substituents is 1. The van der Waals surface area contributed by atoms with Crippen molar-refractivity contribution in [1.29, 1.82) is 0 Å². The van der Waals surface area contributed by atoms with Gasteiger partial charge in [0.15, 0.2) is 5.16 Å². The summed E-state index contributed by atoms with van der Waals surface area (Å²) in [6.45, 7) is 0. The van der Waals surface area contributed by atoms with Gasteiger partial charge in [-0.05, 0) is 42.1 Å². The maximum Gasteiger partial charge on any atom is 0.284 e. The van der Waals surface area contributed by atoms with Gasteiger partial charge in [0.1, 0.15) is 6.33 Å². The normalized spacial score (nSPS) is 10.7. The molecule has 0 aliphatic carbocycles. The fraction of sp³-hybridized carbons (Fsp3) is 0.118. The summed E-state index contributed by atoms with van der Waals surface area (Å²) in [5.74, 6) is -0.414. The van der Waals surface area contributed by atoms with E-state index in [1.54, 1.807) is 36.9 Å². The lowest BCUT2D eigenvalue weighted by Gasteiger charge is -2.19. The van der Waals surface area contributed by atoms with Crippen LogP contribution in [0.2, 0.25) is 5.02 Å². The van der Waals surface area contributed by atoms with Crippen LogP contribution in [0.5, 0.6) is 0 Å². The molecule has 28 heavy (non-hydrogen) atoms. The first-order chi connectivity index (χ1) is 13.3. The van der Waals surface area contributed by atoms with E-state index in [1.165, 1.54) is 29.4 Å². The number of rotatable bonds is 5. The summed E-state index contributed by atoms with van der Waals surface area (Å²) in [7, 11) is 3.30. The summed E-state index contributed by atoms with van der Waals surface area (Å²) in [4.78, 5) is 25.6. The van der Waals surface area contributed by atoms with Crippen LogP contribution in [0.1, 0.15) is 10.4 Å². The molecule has 0 aliphatic rings. The molecule has 0 atom stereocenters. The molecule has 0 bridgehead atoms. The second-order valence-corrected chi connectivity index (χ2v) is 8.06. The number of anilines is 1. The van der Waals surface area contributed by atoms with Crippen LogP contribution in [0.25, 0.3) is 0 Å². The van der Waals surface area contributed by atoms with Gasteiger partial charge in [0, 0.05) is 30.2 Å². The zero-order valence-corrected chi connectivity index (χ0v) is 17.8. The molecule has 144 valence electrons. The zero-order chi connectivity index (χ0) is 20.4. The average molecular weight is 483 g/mol. The Morgan fingerprint density at radius 1 is 1.32 bits per heavy atom. The molecule has 8 nitrogen and oxygen atoms in total. The van der Waals surface area contributed by atoms with E-state index in [4.69, 9.17) is 11.6 Å². The number of benzene rings is 2. The third-order valence-corrected chi connectivity index (χ3v) is 5.76. The van der Waals surface area contributed by atoms with E-state index in [2.05, 4.69) is 26.1 Å². The van der Waals surface area contributed by atoms with Crippen molar-refractivity contribution in [3.63, 3.8) is 0 Å². The molecule has 0 radical (unpaired) electrons. The molecule has 3 aromatic rings. The predicted octanol–water partition coefficient (Wildman–Crippen LogP) is 4.57. The summed E-state index contributed by atoms with van der Waals surface area (Å²) in [6, 6.07) is 9.44. The van der Waals surface area contributed by atoms with Crippen LogP contribution >= 0.6 is 39.3 Å². The number of aromatic nitrogens is 3. The molecule has 0 spiro atoms. The van der Waals surface area contributed by atoms with Crippen molar-refractivity contribution in [2.24, 2.45) is 7.05 Å². The Morgan fingerprint density at radius 3 is 2.68 bits per heavy atom. The van der Waals surface area contributed by atoms with Crippen LogP contribution in [-0.4, -0.2) is 32.6 Å². The number of halogens is 2. The van der Waals surface area contributed by atoms with Crippen molar-refractivity contribution in [3.05, 3.63) is 67.9 Å². The van der Waals surface area contributed by atoms with Crippen molar-refractivity contribution in [1.82, 2.24) is 14.8 Å². The SMILES string of the molecule is CN(C(=O)c1ccc(Sc2nncn2C)c([N+](=O)[O-])c1)c1ccc(Br)cc1Cl. The number of carbonyl (C=O) groups is 1. The lowest BCUT2D eigenvalue weighted by Crippen LogP contribution is -2.26. The van der Waals surface area contributed by atoms with Gasteiger partial charge in [0.2, 0.25) is 0 Å². The molecule has 0 fully saturated rings. The second-order valence-electron chi connectivity index (χ2n) is 5.73. The third-order valence-electron chi connectivity index (χ3n) is 3.85. The molecule has 0 unspecified atom stereocenters. The quantitative estimate of drug-likeness (QED) is 0.391. The Hall–Kier alpha value is -2.43. The summed E-state index contributed by atoms with van der Waals surface area (Å²) in [5.41, 5.74) is 0.486. The number of nitro groups is 1. The molecule has 3 rings (SSSR count). The highest BCUT2D eigenvalue weighted by atomic mass is 79.9. The third kappa shape index (κ3) is 4.18. The first-order valence-corrected chi connectivity index (χ1v) is 9.80. The molecular weight excluding hydrogens is 470 g/mol. The zero-order valence-electron chi connectivity index (χ0n) is 14.7. The number of hydrogen-bond donors (Lipinski definition) is 0. The largest absolute Gasteiger partial charge is 0.311 e. The predicted molar refractivity (Wildman–Crippen MR) is 110 cm³/mol. The Kier molecular flexibility index (Phi) is 6.01. The topological polar surface area (TPSA) is 94.2 Å². The number of carbonyl (C=O) groups excluding carboxylic acids is 1. The van der Waals surface area contributed by atoms with Gasteiger partial charge in [-0.15, -0.1) is 10.2 Å². The highest BCUT2D eigenvalue weighted by molar-refractivity contribution is 9.10. The summed E-state index contributed by atoms with van der Waals surface area (Å²) < 4.78 is 2.43. The Bertz CT molecular complexity index is 1070. The van der Waals surface area contributed by atoms with Gasteiger partial charge < -0.3 is 9.47 Å². The standard InChI is InChI=1S/C17H13BrClN5O3S/c1-22-9-20-21-17(22)28-15-6-3-10(7-14(15)24(26)27)16(25)23(2)13-5-4-11(18)8-12(13)19/h3-9H,1-2H3. The first kappa shape index (κ1) is 20.3. The van der Waals surface area contributed by atoms with Crippen LogP contribution in [0.4, 0.5) is 11.4 Å². The van der Waals surface area contributed by atoms with E-state index < -0.39 is 10.8 Å². The monoisotopic (exact) mass is 481 g/mol. The number of aryl methyl sites for hydroxylation is 1. The van der Waals surface area contributed by atoms with Gasteiger partial charge in [0.05, 0.1) is 20.5 Å². The maximum atomic E-state index is 12.8. The van der Waals surface area contributed by atoms with Crippen LogP contribution in [-0.2, 0) is 7.05 Å². The molecule has 0 aliphatic heterocycles. The molecular formula is C17H13BrClN5O3S. The van der Waals surface area contributed by atoms with Crippen molar-refractivity contribution >= 4 is 56.6 Å². The van der Waals surface area contributed by atoms with Crippen molar-refractivity contribution < 1.29 is 9.72 Å². The van der Waals surface area contributed by atoms with Gasteiger partial charge in [-0.25, -0.2) is 0 Å². The van der Waals surface area contributed by atoms with Crippen LogP contribution in [0.3, 0.4) is 0 Å².